The van der Waals surface area contributed by atoms with E-state index < -0.39 is 17.8 Å². The fraction of sp³-hybridized carbons (Fsp3) is 0.150. The highest BCUT2D eigenvalue weighted by Gasteiger charge is 2.37. The highest BCUT2D eigenvalue weighted by molar-refractivity contribution is 6.42. The Hall–Kier alpha value is -2.83. The molecule has 0 radical (unpaired) electrons. The third-order valence-electron chi connectivity index (χ3n) is 4.24. The van der Waals surface area contributed by atoms with Gasteiger partial charge in [-0.2, -0.15) is 0 Å². The lowest BCUT2D eigenvalue weighted by Gasteiger charge is -2.29. The third kappa shape index (κ3) is 3.88. The number of urea groups is 1. The molecular formula is C20H16Cl2N2O4. The van der Waals surface area contributed by atoms with Crippen molar-refractivity contribution >= 4 is 47.1 Å². The molecular weight excluding hydrogens is 403 g/mol. The second-order valence-corrected chi connectivity index (χ2v) is 6.96. The largest absolute Gasteiger partial charge is 0.488 e. The van der Waals surface area contributed by atoms with Gasteiger partial charge in [0.05, 0.1) is 10.0 Å². The van der Waals surface area contributed by atoms with Crippen molar-refractivity contribution in [1.82, 2.24) is 9.80 Å². The Morgan fingerprint density at radius 1 is 0.929 bits per heavy atom. The molecule has 1 aliphatic heterocycles. The summed E-state index contributed by atoms with van der Waals surface area (Å²) < 4.78 is 5.84. The van der Waals surface area contributed by atoms with Gasteiger partial charge in [-0.1, -0.05) is 47.5 Å². The van der Waals surface area contributed by atoms with Crippen molar-refractivity contribution in [2.45, 2.75) is 6.61 Å². The van der Waals surface area contributed by atoms with E-state index in [4.69, 9.17) is 27.9 Å². The molecule has 1 heterocycles. The van der Waals surface area contributed by atoms with Crippen LogP contribution in [-0.2, 0) is 16.2 Å². The van der Waals surface area contributed by atoms with Crippen molar-refractivity contribution in [3.63, 3.8) is 0 Å². The number of rotatable bonds is 4. The van der Waals surface area contributed by atoms with Gasteiger partial charge in [0.25, 0.3) is 11.8 Å². The first-order valence-corrected chi connectivity index (χ1v) is 9.02. The lowest BCUT2D eigenvalue weighted by molar-refractivity contribution is -0.134. The molecule has 0 atom stereocenters. The molecule has 144 valence electrons. The number of amides is 4. The van der Waals surface area contributed by atoms with E-state index in [2.05, 4.69) is 0 Å². The number of nitrogens with zero attached hydrogens (tertiary/aromatic N) is 2. The molecule has 2 aromatic carbocycles. The van der Waals surface area contributed by atoms with E-state index in [-0.39, 0.29) is 12.2 Å². The molecule has 4 amide bonds. The highest BCUT2D eigenvalue weighted by Crippen LogP contribution is 2.27. The van der Waals surface area contributed by atoms with E-state index in [0.717, 1.165) is 15.4 Å². The monoisotopic (exact) mass is 418 g/mol. The first-order chi connectivity index (χ1) is 13.3. The summed E-state index contributed by atoms with van der Waals surface area (Å²) in [7, 11) is 2.66. The zero-order valence-corrected chi connectivity index (χ0v) is 16.6. The zero-order chi connectivity index (χ0) is 20.4. The van der Waals surface area contributed by atoms with Crippen LogP contribution in [0.4, 0.5) is 4.79 Å². The van der Waals surface area contributed by atoms with E-state index in [1.807, 2.05) is 0 Å². The van der Waals surface area contributed by atoms with Crippen LogP contribution in [-0.4, -0.2) is 41.7 Å². The lowest BCUT2D eigenvalue weighted by atomic mass is 10.1. The Morgan fingerprint density at radius 3 is 2.21 bits per heavy atom. The second-order valence-electron chi connectivity index (χ2n) is 6.14. The molecule has 0 bridgehead atoms. The molecule has 2 aromatic rings. The number of barbiturate groups is 1. The Morgan fingerprint density at radius 2 is 1.57 bits per heavy atom. The minimum Gasteiger partial charge on any atom is -0.488 e. The van der Waals surface area contributed by atoms with Crippen molar-refractivity contribution in [1.29, 1.82) is 0 Å². The first kappa shape index (κ1) is 19.9. The Kier molecular flexibility index (Phi) is 5.72. The zero-order valence-electron chi connectivity index (χ0n) is 15.1. The van der Waals surface area contributed by atoms with Crippen molar-refractivity contribution < 1.29 is 19.1 Å². The number of halogens is 2. The average Bonchev–Trinajstić information content (AvgIpc) is 2.70. The number of ether oxygens (including phenoxy) is 1. The van der Waals surface area contributed by atoms with E-state index in [9.17, 15) is 14.4 Å². The summed E-state index contributed by atoms with van der Waals surface area (Å²) in [6.45, 7) is 0.220. The fourth-order valence-corrected chi connectivity index (χ4v) is 2.97. The van der Waals surface area contributed by atoms with Crippen LogP contribution < -0.4 is 4.74 Å². The van der Waals surface area contributed by atoms with Crippen molar-refractivity contribution in [2.75, 3.05) is 14.1 Å². The number of carbonyl (C=O) groups is 3. The van der Waals surface area contributed by atoms with Crippen LogP contribution in [0.15, 0.2) is 48.0 Å². The number of benzene rings is 2. The van der Waals surface area contributed by atoms with Gasteiger partial charge in [-0.05, 0) is 29.8 Å². The molecule has 0 saturated carbocycles. The summed E-state index contributed by atoms with van der Waals surface area (Å²) in [5.74, 6) is -0.844. The predicted octanol–water partition coefficient (Wildman–Crippen LogP) is 4.01. The summed E-state index contributed by atoms with van der Waals surface area (Å²) in [4.78, 5) is 38.4. The van der Waals surface area contributed by atoms with E-state index in [1.54, 1.807) is 42.5 Å². The van der Waals surface area contributed by atoms with Gasteiger partial charge in [-0.15, -0.1) is 0 Å². The quantitative estimate of drug-likeness (QED) is 0.555. The van der Waals surface area contributed by atoms with Gasteiger partial charge < -0.3 is 4.74 Å². The van der Waals surface area contributed by atoms with Gasteiger partial charge in [0.15, 0.2) is 0 Å². The summed E-state index contributed by atoms with van der Waals surface area (Å²) in [6.07, 6.45) is 1.42. The summed E-state index contributed by atoms with van der Waals surface area (Å²) >= 11 is 11.9. The number of para-hydroxylation sites is 1. The summed E-state index contributed by atoms with van der Waals surface area (Å²) in [5.41, 5.74) is 1.23. The molecule has 0 aliphatic carbocycles. The molecule has 0 N–H and O–H groups in total. The van der Waals surface area contributed by atoms with Crippen LogP contribution in [0.2, 0.25) is 10.0 Å². The molecule has 0 unspecified atom stereocenters. The molecule has 8 heteroatoms. The van der Waals surface area contributed by atoms with Crippen molar-refractivity contribution in [3.05, 3.63) is 69.2 Å². The van der Waals surface area contributed by atoms with Crippen LogP contribution >= 0.6 is 23.2 Å². The standard InChI is InChI=1S/C20H16Cl2N2O4/c1-23-18(25)14(19(26)24(2)20(23)27)10-13-5-3-4-6-17(13)28-11-12-7-8-15(21)16(22)9-12/h3-10H,11H2,1-2H3. The van der Waals surface area contributed by atoms with Crippen LogP contribution in [0.25, 0.3) is 6.08 Å². The first-order valence-electron chi connectivity index (χ1n) is 8.27. The van der Waals surface area contributed by atoms with E-state index >= 15 is 0 Å². The van der Waals surface area contributed by atoms with Crippen LogP contribution in [0.3, 0.4) is 0 Å². The number of imide groups is 2. The molecule has 1 fully saturated rings. The molecule has 1 saturated heterocycles. The number of hydrogen-bond donors (Lipinski definition) is 0. The summed E-state index contributed by atoms with van der Waals surface area (Å²) in [6, 6.07) is 11.5. The lowest BCUT2D eigenvalue weighted by Crippen LogP contribution is -2.52. The highest BCUT2D eigenvalue weighted by atomic mass is 35.5. The second kappa shape index (κ2) is 8.04. The number of hydrogen-bond acceptors (Lipinski definition) is 4. The predicted molar refractivity (Wildman–Crippen MR) is 106 cm³/mol. The number of carbonyl (C=O) groups excluding carboxylic acids is 3. The number of likely N-dealkylation sites (N-methyl/N-ethyl adjacent to an activating group) is 2. The molecule has 0 aromatic heterocycles. The van der Waals surface area contributed by atoms with Crippen LogP contribution in [0, 0.1) is 0 Å². The van der Waals surface area contributed by atoms with Gasteiger partial charge in [0.2, 0.25) is 0 Å². The minimum atomic E-state index is -0.670. The smallest absolute Gasteiger partial charge is 0.333 e. The van der Waals surface area contributed by atoms with Gasteiger partial charge in [-0.3, -0.25) is 19.4 Å². The van der Waals surface area contributed by atoms with Gasteiger partial charge in [0.1, 0.15) is 17.9 Å². The molecule has 1 aliphatic rings. The Bertz CT molecular complexity index is 977. The third-order valence-corrected chi connectivity index (χ3v) is 4.98. The van der Waals surface area contributed by atoms with Crippen molar-refractivity contribution in [3.8, 4) is 5.75 Å². The van der Waals surface area contributed by atoms with Gasteiger partial charge >= 0.3 is 6.03 Å². The maximum atomic E-state index is 12.4. The molecule has 28 heavy (non-hydrogen) atoms. The van der Waals surface area contributed by atoms with E-state index in [1.165, 1.54) is 20.2 Å². The summed E-state index contributed by atoms with van der Waals surface area (Å²) in [5, 5.41) is 0.875. The van der Waals surface area contributed by atoms with Crippen LogP contribution in [0.5, 0.6) is 5.75 Å². The fourth-order valence-electron chi connectivity index (χ4n) is 2.65. The minimum absolute atomic E-state index is 0.116. The van der Waals surface area contributed by atoms with Gasteiger partial charge in [-0.25, -0.2) is 4.79 Å². The maximum absolute atomic E-state index is 12.4. The van der Waals surface area contributed by atoms with Crippen molar-refractivity contribution in [2.24, 2.45) is 0 Å². The average molecular weight is 419 g/mol. The normalized spacial score (nSPS) is 14.6. The molecule has 3 rings (SSSR count). The SMILES string of the molecule is CN1C(=O)C(=Cc2ccccc2OCc2ccc(Cl)c(Cl)c2)C(=O)N(C)C1=O. The molecule has 6 nitrogen and oxygen atoms in total. The van der Waals surface area contributed by atoms with Crippen LogP contribution in [0.1, 0.15) is 11.1 Å². The maximum Gasteiger partial charge on any atom is 0.333 e. The molecule has 0 spiro atoms. The Balaban J connectivity index is 1.88. The topological polar surface area (TPSA) is 66.9 Å². The van der Waals surface area contributed by atoms with E-state index in [0.29, 0.717) is 21.4 Å². The van der Waals surface area contributed by atoms with Gasteiger partial charge in [0, 0.05) is 19.7 Å². The Labute approximate surface area is 171 Å².